The monoisotopic (exact) mass is 240 g/mol. The van der Waals surface area contributed by atoms with Gasteiger partial charge in [0.05, 0.1) is 6.04 Å². The van der Waals surface area contributed by atoms with Crippen molar-refractivity contribution in [1.82, 2.24) is 0 Å². The predicted molar refractivity (Wildman–Crippen MR) is 78.7 cm³/mol. The molecule has 0 radical (unpaired) electrons. The van der Waals surface area contributed by atoms with Gasteiger partial charge >= 0.3 is 0 Å². The number of nitrogens with one attached hydrogen (secondary N) is 1. The van der Waals surface area contributed by atoms with Crippen LogP contribution in [0.1, 0.15) is 30.5 Å². The molecule has 3 N–H and O–H groups in total. The van der Waals surface area contributed by atoms with Crippen LogP contribution >= 0.6 is 0 Å². The molecule has 0 fully saturated rings. The van der Waals surface area contributed by atoms with E-state index >= 15 is 0 Å². The van der Waals surface area contributed by atoms with Crippen LogP contribution in [0.5, 0.6) is 0 Å². The van der Waals surface area contributed by atoms with Crippen molar-refractivity contribution in [2.45, 2.75) is 26.3 Å². The van der Waals surface area contributed by atoms with Crippen LogP contribution in [0, 0.1) is 6.92 Å². The third-order valence-electron chi connectivity index (χ3n) is 3.23. The predicted octanol–water partition coefficient (Wildman–Crippen LogP) is 4.14. The van der Waals surface area contributed by atoms with Crippen LogP contribution in [-0.4, -0.2) is 0 Å². The Morgan fingerprint density at radius 2 is 1.83 bits per heavy atom. The van der Waals surface area contributed by atoms with Crippen LogP contribution in [0.25, 0.3) is 0 Å². The van der Waals surface area contributed by atoms with Gasteiger partial charge in [0.1, 0.15) is 0 Å². The molecule has 2 nitrogen and oxygen atoms in total. The van der Waals surface area contributed by atoms with E-state index in [2.05, 4.69) is 48.6 Å². The summed E-state index contributed by atoms with van der Waals surface area (Å²) in [6, 6.07) is 16.9. The van der Waals surface area contributed by atoms with Crippen LogP contribution in [0.3, 0.4) is 0 Å². The van der Waals surface area contributed by atoms with E-state index in [0.29, 0.717) is 6.04 Å². The van der Waals surface area contributed by atoms with Gasteiger partial charge in [0, 0.05) is 11.4 Å². The van der Waals surface area contributed by atoms with Gasteiger partial charge in [-0.15, -0.1) is 0 Å². The Labute approximate surface area is 109 Å². The van der Waals surface area contributed by atoms with Gasteiger partial charge < -0.3 is 11.1 Å². The Kier molecular flexibility index (Phi) is 3.88. The van der Waals surface area contributed by atoms with E-state index in [4.69, 9.17) is 5.73 Å². The van der Waals surface area contributed by atoms with E-state index in [-0.39, 0.29) is 0 Å². The molecule has 2 heteroatoms. The maximum Gasteiger partial charge on any atom is 0.0511 e. The average Bonchev–Trinajstić information content (AvgIpc) is 2.41. The molecule has 0 saturated carbocycles. The summed E-state index contributed by atoms with van der Waals surface area (Å²) in [4.78, 5) is 0. The molecule has 94 valence electrons. The summed E-state index contributed by atoms with van der Waals surface area (Å²) in [6.07, 6.45) is 1.04. The molecule has 0 aromatic heterocycles. The highest BCUT2D eigenvalue weighted by Gasteiger charge is 2.08. The van der Waals surface area contributed by atoms with Crippen molar-refractivity contribution in [1.29, 1.82) is 0 Å². The van der Waals surface area contributed by atoms with E-state index in [9.17, 15) is 0 Å². The fourth-order valence-corrected chi connectivity index (χ4v) is 2.04. The zero-order valence-corrected chi connectivity index (χ0v) is 11.0. The van der Waals surface area contributed by atoms with Crippen LogP contribution in [0.4, 0.5) is 11.4 Å². The fourth-order valence-electron chi connectivity index (χ4n) is 2.04. The summed E-state index contributed by atoms with van der Waals surface area (Å²) < 4.78 is 0. The highest BCUT2D eigenvalue weighted by atomic mass is 14.9. The fraction of sp³-hybridized carbons (Fsp3) is 0.250. The van der Waals surface area contributed by atoms with Gasteiger partial charge in [-0.05, 0) is 36.6 Å². The van der Waals surface area contributed by atoms with Crippen molar-refractivity contribution in [3.8, 4) is 0 Å². The molecule has 0 aliphatic carbocycles. The van der Waals surface area contributed by atoms with Crippen molar-refractivity contribution in [2.24, 2.45) is 0 Å². The first-order valence-corrected chi connectivity index (χ1v) is 6.38. The van der Waals surface area contributed by atoms with Gasteiger partial charge in [-0.25, -0.2) is 0 Å². The molecule has 0 saturated heterocycles. The summed E-state index contributed by atoms with van der Waals surface area (Å²) in [7, 11) is 0. The van der Waals surface area contributed by atoms with E-state index in [1.54, 1.807) is 0 Å². The summed E-state index contributed by atoms with van der Waals surface area (Å²) in [6.45, 7) is 4.20. The Balaban J connectivity index is 2.18. The van der Waals surface area contributed by atoms with Gasteiger partial charge in [-0.2, -0.15) is 0 Å². The quantitative estimate of drug-likeness (QED) is 0.788. The van der Waals surface area contributed by atoms with Gasteiger partial charge in [-0.1, -0.05) is 43.3 Å². The first kappa shape index (κ1) is 12.5. The van der Waals surface area contributed by atoms with Gasteiger partial charge in [0.2, 0.25) is 0 Å². The molecular formula is C16H20N2. The Morgan fingerprint density at radius 3 is 2.44 bits per heavy atom. The van der Waals surface area contributed by atoms with Crippen LogP contribution in [0.15, 0.2) is 48.5 Å². The summed E-state index contributed by atoms with van der Waals surface area (Å²) in [5.41, 5.74) is 10.3. The number of rotatable bonds is 4. The summed E-state index contributed by atoms with van der Waals surface area (Å²) in [5, 5.41) is 3.53. The number of aryl methyl sites for hydroxylation is 1. The molecule has 0 spiro atoms. The van der Waals surface area contributed by atoms with Crippen molar-refractivity contribution >= 4 is 11.4 Å². The van der Waals surface area contributed by atoms with Crippen LogP contribution in [-0.2, 0) is 0 Å². The molecule has 0 bridgehead atoms. The lowest BCUT2D eigenvalue weighted by atomic mass is 10.0. The third-order valence-corrected chi connectivity index (χ3v) is 3.23. The Morgan fingerprint density at radius 1 is 1.11 bits per heavy atom. The van der Waals surface area contributed by atoms with E-state index in [0.717, 1.165) is 23.4 Å². The lowest BCUT2D eigenvalue weighted by Crippen LogP contribution is -2.09. The second-order valence-corrected chi connectivity index (χ2v) is 4.59. The number of anilines is 2. The molecule has 2 aromatic rings. The molecule has 0 amide bonds. The third kappa shape index (κ3) is 2.83. The maximum atomic E-state index is 5.94. The second-order valence-electron chi connectivity index (χ2n) is 4.59. The topological polar surface area (TPSA) is 38.0 Å². The molecule has 2 aromatic carbocycles. The number of benzene rings is 2. The standard InChI is InChI=1S/C16H20N2/c1-3-16(13-7-5-4-6-8-13)18-14-10-9-12(2)15(17)11-14/h4-11,16,18H,3,17H2,1-2H3. The number of hydrogen-bond acceptors (Lipinski definition) is 2. The Bertz CT molecular complexity index is 506. The Hall–Kier alpha value is -1.96. The first-order chi connectivity index (χ1) is 8.70. The summed E-state index contributed by atoms with van der Waals surface area (Å²) in [5.74, 6) is 0. The lowest BCUT2D eigenvalue weighted by Gasteiger charge is -2.19. The molecule has 1 unspecified atom stereocenters. The molecule has 2 rings (SSSR count). The van der Waals surface area contributed by atoms with E-state index in [1.807, 2.05) is 19.1 Å². The minimum atomic E-state index is 0.327. The lowest BCUT2D eigenvalue weighted by molar-refractivity contribution is 0.749. The number of hydrogen-bond donors (Lipinski definition) is 2. The molecule has 18 heavy (non-hydrogen) atoms. The molecule has 0 heterocycles. The normalized spacial score (nSPS) is 12.1. The minimum Gasteiger partial charge on any atom is -0.398 e. The van der Waals surface area contributed by atoms with E-state index < -0.39 is 0 Å². The molecule has 1 atom stereocenters. The number of nitrogens with two attached hydrogens (primary N) is 1. The van der Waals surface area contributed by atoms with Crippen molar-refractivity contribution in [3.05, 3.63) is 59.7 Å². The largest absolute Gasteiger partial charge is 0.398 e. The van der Waals surface area contributed by atoms with Crippen LogP contribution < -0.4 is 11.1 Å². The average molecular weight is 240 g/mol. The zero-order chi connectivity index (χ0) is 13.0. The van der Waals surface area contributed by atoms with Crippen molar-refractivity contribution in [2.75, 3.05) is 11.1 Å². The van der Waals surface area contributed by atoms with Crippen molar-refractivity contribution in [3.63, 3.8) is 0 Å². The molecular weight excluding hydrogens is 220 g/mol. The minimum absolute atomic E-state index is 0.327. The van der Waals surface area contributed by atoms with Crippen LogP contribution in [0.2, 0.25) is 0 Å². The first-order valence-electron chi connectivity index (χ1n) is 6.38. The number of nitrogen functional groups attached to an aromatic ring is 1. The van der Waals surface area contributed by atoms with Gasteiger partial charge in [0.25, 0.3) is 0 Å². The summed E-state index contributed by atoms with van der Waals surface area (Å²) >= 11 is 0. The molecule has 0 aliphatic heterocycles. The second kappa shape index (κ2) is 5.58. The zero-order valence-electron chi connectivity index (χ0n) is 11.0. The maximum absolute atomic E-state index is 5.94. The van der Waals surface area contributed by atoms with Gasteiger partial charge in [0.15, 0.2) is 0 Å². The molecule has 0 aliphatic rings. The van der Waals surface area contributed by atoms with E-state index in [1.165, 1.54) is 5.56 Å². The smallest absolute Gasteiger partial charge is 0.0511 e. The van der Waals surface area contributed by atoms with Gasteiger partial charge in [-0.3, -0.25) is 0 Å². The van der Waals surface area contributed by atoms with Crippen molar-refractivity contribution < 1.29 is 0 Å². The highest BCUT2D eigenvalue weighted by Crippen LogP contribution is 2.24. The highest BCUT2D eigenvalue weighted by molar-refractivity contribution is 5.59. The SMILES string of the molecule is CCC(Nc1ccc(C)c(N)c1)c1ccccc1.